The van der Waals surface area contributed by atoms with Crippen LogP contribution < -0.4 is 10.9 Å². The highest BCUT2D eigenvalue weighted by atomic mass is 15.3. The lowest BCUT2D eigenvalue weighted by Crippen LogP contribution is -2.32. The van der Waals surface area contributed by atoms with Crippen LogP contribution >= 0.6 is 0 Å². The Morgan fingerprint density at radius 3 is 1.67 bits per heavy atom. The van der Waals surface area contributed by atoms with Crippen molar-refractivity contribution in [2.45, 2.75) is 71.6 Å². The lowest BCUT2D eigenvalue weighted by atomic mass is 10.1. The topological polar surface area (TPSA) is 24.1 Å². The number of hydrogen-bond donors (Lipinski definition) is 2. The Labute approximate surface area is 96.2 Å². The number of nitrogens with one attached hydrogen (secondary N) is 2. The van der Waals surface area contributed by atoms with E-state index in [0.717, 1.165) is 13.1 Å². The van der Waals surface area contributed by atoms with E-state index in [-0.39, 0.29) is 0 Å². The van der Waals surface area contributed by atoms with Gasteiger partial charge in [0.05, 0.1) is 0 Å². The Morgan fingerprint density at radius 2 is 1.07 bits per heavy atom. The van der Waals surface area contributed by atoms with Crippen LogP contribution in [0.15, 0.2) is 0 Å². The van der Waals surface area contributed by atoms with Crippen LogP contribution in [0.4, 0.5) is 0 Å². The summed E-state index contributed by atoms with van der Waals surface area (Å²) in [6.07, 6.45) is 12.4. The van der Waals surface area contributed by atoms with Gasteiger partial charge in [-0.05, 0) is 12.8 Å². The van der Waals surface area contributed by atoms with Crippen LogP contribution in [0.1, 0.15) is 71.6 Å². The predicted octanol–water partition coefficient (Wildman–Crippen LogP) is 3.63. The molecule has 0 spiro atoms. The summed E-state index contributed by atoms with van der Waals surface area (Å²) >= 11 is 0. The molecule has 0 amide bonds. The van der Waals surface area contributed by atoms with Crippen molar-refractivity contribution >= 4 is 0 Å². The maximum absolute atomic E-state index is 3.25. The van der Waals surface area contributed by atoms with Crippen LogP contribution in [-0.4, -0.2) is 13.1 Å². The third kappa shape index (κ3) is 13.9. The fourth-order valence-electron chi connectivity index (χ4n) is 1.65. The van der Waals surface area contributed by atoms with Gasteiger partial charge in [-0.2, -0.15) is 0 Å². The molecule has 0 fully saturated rings. The second-order valence-corrected chi connectivity index (χ2v) is 4.33. The highest BCUT2D eigenvalue weighted by molar-refractivity contribution is 4.47. The molecular weight excluding hydrogens is 184 g/mol. The highest BCUT2D eigenvalue weighted by Gasteiger charge is 1.91. The van der Waals surface area contributed by atoms with Crippen molar-refractivity contribution in [2.75, 3.05) is 13.1 Å². The van der Waals surface area contributed by atoms with E-state index < -0.39 is 0 Å². The molecule has 0 heterocycles. The number of hydrogen-bond acceptors (Lipinski definition) is 2. The Bertz CT molecular complexity index is 92.7. The van der Waals surface area contributed by atoms with Gasteiger partial charge in [-0.3, -0.25) is 10.9 Å². The van der Waals surface area contributed by atoms with Crippen LogP contribution in [0, 0.1) is 0 Å². The van der Waals surface area contributed by atoms with Gasteiger partial charge in [-0.1, -0.05) is 58.8 Å². The molecule has 2 N–H and O–H groups in total. The van der Waals surface area contributed by atoms with Gasteiger partial charge in [0.15, 0.2) is 0 Å². The average Bonchev–Trinajstić information content (AvgIpc) is 2.26. The van der Waals surface area contributed by atoms with Crippen molar-refractivity contribution in [2.24, 2.45) is 0 Å². The lowest BCUT2D eigenvalue weighted by molar-refractivity contribution is 0.496. The maximum Gasteiger partial charge on any atom is 0.00997 e. The molecule has 2 heteroatoms. The fourth-order valence-corrected chi connectivity index (χ4v) is 1.65. The minimum Gasteiger partial charge on any atom is -0.258 e. The summed E-state index contributed by atoms with van der Waals surface area (Å²) in [5.41, 5.74) is 6.45. The SMILES string of the molecule is CCCCCCCCCCNNCCC. The molecule has 0 aliphatic carbocycles. The molecule has 0 aromatic rings. The Balaban J connectivity index is 2.81. The first kappa shape index (κ1) is 14.9. The molecule has 0 saturated heterocycles. The van der Waals surface area contributed by atoms with Gasteiger partial charge in [0.2, 0.25) is 0 Å². The molecule has 0 radical (unpaired) electrons. The number of hydrazine groups is 1. The van der Waals surface area contributed by atoms with Gasteiger partial charge in [-0.15, -0.1) is 0 Å². The first-order chi connectivity index (χ1) is 7.41. The monoisotopic (exact) mass is 214 g/mol. The summed E-state index contributed by atoms with van der Waals surface area (Å²) in [7, 11) is 0. The second-order valence-electron chi connectivity index (χ2n) is 4.33. The minimum atomic E-state index is 1.08. The van der Waals surface area contributed by atoms with Crippen LogP contribution in [0.25, 0.3) is 0 Å². The number of rotatable bonds is 12. The summed E-state index contributed by atoms with van der Waals surface area (Å²) < 4.78 is 0. The Kier molecular flexibility index (Phi) is 13.8. The zero-order chi connectivity index (χ0) is 11.2. The molecule has 0 aliphatic heterocycles. The first-order valence-electron chi connectivity index (χ1n) is 6.87. The largest absolute Gasteiger partial charge is 0.258 e. The van der Waals surface area contributed by atoms with Crippen LogP contribution in [-0.2, 0) is 0 Å². The van der Waals surface area contributed by atoms with Crippen LogP contribution in [0.2, 0.25) is 0 Å². The molecule has 15 heavy (non-hydrogen) atoms. The first-order valence-corrected chi connectivity index (χ1v) is 6.87. The quantitative estimate of drug-likeness (QED) is 0.383. The molecular formula is C13H30N2. The van der Waals surface area contributed by atoms with E-state index in [9.17, 15) is 0 Å². The van der Waals surface area contributed by atoms with Crippen molar-refractivity contribution in [3.8, 4) is 0 Å². The molecule has 0 aromatic heterocycles. The highest BCUT2D eigenvalue weighted by Crippen LogP contribution is 2.07. The van der Waals surface area contributed by atoms with Crippen molar-refractivity contribution in [3.05, 3.63) is 0 Å². The summed E-state index contributed by atoms with van der Waals surface area (Å²) in [6.45, 7) is 6.66. The summed E-state index contributed by atoms with van der Waals surface area (Å²) in [5, 5.41) is 0. The third-order valence-corrected chi connectivity index (χ3v) is 2.66. The average molecular weight is 214 g/mol. The minimum absolute atomic E-state index is 1.08. The van der Waals surface area contributed by atoms with E-state index in [0.29, 0.717) is 0 Å². The van der Waals surface area contributed by atoms with Gasteiger partial charge in [0.25, 0.3) is 0 Å². The van der Waals surface area contributed by atoms with Gasteiger partial charge < -0.3 is 0 Å². The van der Waals surface area contributed by atoms with E-state index in [1.165, 1.54) is 57.8 Å². The maximum atomic E-state index is 3.25. The van der Waals surface area contributed by atoms with E-state index in [4.69, 9.17) is 0 Å². The standard InChI is InChI=1S/C13H30N2/c1-3-5-6-7-8-9-10-11-13-15-14-12-4-2/h14-15H,3-13H2,1-2H3. The van der Waals surface area contributed by atoms with E-state index >= 15 is 0 Å². The zero-order valence-electron chi connectivity index (χ0n) is 10.8. The van der Waals surface area contributed by atoms with Crippen molar-refractivity contribution in [1.29, 1.82) is 0 Å². The van der Waals surface area contributed by atoms with Crippen molar-refractivity contribution < 1.29 is 0 Å². The second kappa shape index (κ2) is 13.9. The molecule has 2 nitrogen and oxygen atoms in total. The summed E-state index contributed by atoms with van der Waals surface area (Å²) in [4.78, 5) is 0. The van der Waals surface area contributed by atoms with E-state index in [1.807, 2.05) is 0 Å². The normalized spacial score (nSPS) is 10.8. The molecule has 0 atom stereocenters. The smallest absolute Gasteiger partial charge is 0.00997 e. The molecule has 0 aromatic carbocycles. The van der Waals surface area contributed by atoms with Gasteiger partial charge in [0, 0.05) is 13.1 Å². The van der Waals surface area contributed by atoms with Crippen LogP contribution in [0.3, 0.4) is 0 Å². The van der Waals surface area contributed by atoms with Gasteiger partial charge >= 0.3 is 0 Å². The number of unbranched alkanes of at least 4 members (excludes halogenated alkanes) is 7. The summed E-state index contributed by atoms with van der Waals surface area (Å²) in [6, 6.07) is 0. The van der Waals surface area contributed by atoms with Gasteiger partial charge in [0.1, 0.15) is 0 Å². The third-order valence-electron chi connectivity index (χ3n) is 2.66. The molecule has 0 unspecified atom stereocenters. The predicted molar refractivity (Wildman–Crippen MR) is 68.9 cm³/mol. The van der Waals surface area contributed by atoms with Crippen molar-refractivity contribution in [3.63, 3.8) is 0 Å². The molecule has 0 bridgehead atoms. The molecule has 0 saturated carbocycles. The Hall–Kier alpha value is -0.0800. The molecule has 0 rings (SSSR count). The molecule has 92 valence electrons. The lowest BCUT2D eigenvalue weighted by Gasteiger charge is -2.05. The molecule has 0 aliphatic rings. The van der Waals surface area contributed by atoms with E-state index in [1.54, 1.807) is 0 Å². The van der Waals surface area contributed by atoms with Crippen molar-refractivity contribution in [1.82, 2.24) is 10.9 Å². The summed E-state index contributed by atoms with van der Waals surface area (Å²) in [5.74, 6) is 0. The fraction of sp³-hybridized carbons (Fsp3) is 1.00. The van der Waals surface area contributed by atoms with Gasteiger partial charge in [-0.25, -0.2) is 0 Å². The van der Waals surface area contributed by atoms with E-state index in [2.05, 4.69) is 24.7 Å². The van der Waals surface area contributed by atoms with Crippen LogP contribution in [0.5, 0.6) is 0 Å². The Morgan fingerprint density at radius 1 is 0.533 bits per heavy atom. The zero-order valence-corrected chi connectivity index (χ0v) is 10.8.